The van der Waals surface area contributed by atoms with E-state index in [9.17, 15) is 0 Å². The second kappa shape index (κ2) is 7.61. The van der Waals surface area contributed by atoms with E-state index in [0.717, 1.165) is 25.1 Å². The van der Waals surface area contributed by atoms with Crippen LogP contribution in [-0.4, -0.2) is 29.0 Å². The zero-order chi connectivity index (χ0) is 14.3. The molecule has 1 rings (SSSR count). The van der Waals surface area contributed by atoms with Gasteiger partial charge in [0.05, 0.1) is 5.69 Å². The first kappa shape index (κ1) is 16.1. The normalized spacial score (nSPS) is 16.3. The second-order valence-corrected chi connectivity index (χ2v) is 5.68. The van der Waals surface area contributed by atoms with Gasteiger partial charge in [-0.3, -0.25) is 9.88 Å². The molecule has 19 heavy (non-hydrogen) atoms. The molecule has 0 aliphatic carbocycles. The maximum Gasteiger partial charge on any atom is 0.0544 e. The fourth-order valence-corrected chi connectivity index (χ4v) is 2.65. The minimum absolute atomic E-state index is 0.0902. The molecule has 0 fully saturated rings. The van der Waals surface area contributed by atoms with Crippen LogP contribution < -0.4 is 5.73 Å². The first-order valence-electron chi connectivity index (χ1n) is 7.39. The van der Waals surface area contributed by atoms with Crippen molar-refractivity contribution in [2.75, 3.05) is 13.6 Å². The summed E-state index contributed by atoms with van der Waals surface area (Å²) in [5, 5.41) is 0. The Kier molecular flexibility index (Phi) is 6.46. The molecule has 1 aromatic heterocycles. The van der Waals surface area contributed by atoms with Gasteiger partial charge in [-0.15, -0.1) is 0 Å². The Morgan fingerprint density at radius 1 is 1.37 bits per heavy atom. The van der Waals surface area contributed by atoms with Crippen LogP contribution in [0.3, 0.4) is 0 Å². The molecule has 0 spiro atoms. The molecular weight excluding hydrogens is 234 g/mol. The molecule has 0 aliphatic rings. The molecule has 3 heteroatoms. The Morgan fingerprint density at radius 2 is 2.11 bits per heavy atom. The lowest BCUT2D eigenvalue weighted by atomic mass is 9.83. The van der Waals surface area contributed by atoms with E-state index in [1.165, 1.54) is 6.42 Å². The van der Waals surface area contributed by atoms with Gasteiger partial charge in [0.2, 0.25) is 0 Å². The highest BCUT2D eigenvalue weighted by atomic mass is 15.2. The van der Waals surface area contributed by atoms with Crippen LogP contribution in [0.2, 0.25) is 0 Å². The molecule has 108 valence electrons. The van der Waals surface area contributed by atoms with Crippen LogP contribution in [0.25, 0.3) is 0 Å². The molecule has 0 aliphatic heterocycles. The van der Waals surface area contributed by atoms with Crippen molar-refractivity contribution < 1.29 is 0 Å². The lowest BCUT2D eigenvalue weighted by molar-refractivity contribution is 0.0843. The van der Waals surface area contributed by atoms with Crippen LogP contribution in [-0.2, 0) is 6.54 Å². The predicted octanol–water partition coefficient (Wildman–Crippen LogP) is 3.06. The van der Waals surface area contributed by atoms with Crippen molar-refractivity contribution in [3.8, 4) is 0 Å². The highest BCUT2D eigenvalue weighted by molar-refractivity contribution is 5.04. The highest BCUT2D eigenvalue weighted by Gasteiger charge is 2.32. The molecular formula is C16H29N3. The summed E-state index contributed by atoms with van der Waals surface area (Å²) >= 11 is 0. The summed E-state index contributed by atoms with van der Waals surface area (Å²) in [7, 11) is 2.17. The van der Waals surface area contributed by atoms with Gasteiger partial charge in [-0.1, -0.05) is 33.3 Å². The summed E-state index contributed by atoms with van der Waals surface area (Å²) in [6.07, 6.45) is 5.30. The lowest BCUT2D eigenvalue weighted by Crippen LogP contribution is -2.52. The molecule has 0 aromatic carbocycles. The summed E-state index contributed by atoms with van der Waals surface area (Å²) in [4.78, 5) is 6.81. The van der Waals surface area contributed by atoms with Crippen molar-refractivity contribution in [2.24, 2.45) is 11.7 Å². The van der Waals surface area contributed by atoms with Gasteiger partial charge in [0.1, 0.15) is 0 Å². The summed E-state index contributed by atoms with van der Waals surface area (Å²) in [5.41, 5.74) is 7.32. The third kappa shape index (κ3) is 4.29. The maximum absolute atomic E-state index is 6.11. The average Bonchev–Trinajstić information content (AvgIpc) is 2.45. The first-order valence-corrected chi connectivity index (χ1v) is 7.39. The Hall–Kier alpha value is -0.930. The second-order valence-electron chi connectivity index (χ2n) is 5.68. The average molecular weight is 263 g/mol. The molecule has 3 nitrogen and oxygen atoms in total. The van der Waals surface area contributed by atoms with Gasteiger partial charge in [0, 0.05) is 24.8 Å². The number of likely N-dealkylation sites (N-methyl/N-ethyl adjacent to an activating group) is 1. The zero-order valence-electron chi connectivity index (χ0n) is 12.9. The molecule has 0 bridgehead atoms. The van der Waals surface area contributed by atoms with E-state index in [2.05, 4.69) is 43.8 Å². The van der Waals surface area contributed by atoms with Crippen molar-refractivity contribution in [3.05, 3.63) is 30.1 Å². The molecule has 1 aromatic rings. The van der Waals surface area contributed by atoms with Crippen LogP contribution in [0.5, 0.6) is 0 Å². The van der Waals surface area contributed by atoms with Gasteiger partial charge >= 0.3 is 0 Å². The largest absolute Gasteiger partial charge is 0.329 e. The van der Waals surface area contributed by atoms with Crippen LogP contribution in [0.15, 0.2) is 24.4 Å². The summed E-state index contributed by atoms with van der Waals surface area (Å²) in [6, 6.07) is 6.08. The van der Waals surface area contributed by atoms with Gasteiger partial charge in [-0.05, 0) is 37.9 Å². The number of hydrogen-bond acceptors (Lipinski definition) is 3. The molecule has 2 N–H and O–H groups in total. The van der Waals surface area contributed by atoms with Gasteiger partial charge in [0.15, 0.2) is 0 Å². The quantitative estimate of drug-likeness (QED) is 0.784. The summed E-state index contributed by atoms with van der Waals surface area (Å²) < 4.78 is 0. The van der Waals surface area contributed by atoms with Gasteiger partial charge in [-0.25, -0.2) is 0 Å². The van der Waals surface area contributed by atoms with Crippen molar-refractivity contribution in [1.82, 2.24) is 9.88 Å². The fourth-order valence-electron chi connectivity index (χ4n) is 2.65. The van der Waals surface area contributed by atoms with Gasteiger partial charge < -0.3 is 5.73 Å². The molecule has 2 unspecified atom stereocenters. The van der Waals surface area contributed by atoms with Crippen molar-refractivity contribution in [2.45, 2.75) is 52.1 Å². The van der Waals surface area contributed by atoms with Crippen molar-refractivity contribution in [1.29, 1.82) is 0 Å². The van der Waals surface area contributed by atoms with Crippen LogP contribution in [0, 0.1) is 5.92 Å². The molecule has 0 saturated carbocycles. The third-order valence-electron chi connectivity index (χ3n) is 4.40. The van der Waals surface area contributed by atoms with E-state index in [4.69, 9.17) is 5.73 Å². The highest BCUT2D eigenvalue weighted by Crippen LogP contribution is 2.28. The molecule has 1 heterocycles. The smallest absolute Gasteiger partial charge is 0.0544 e. The Balaban J connectivity index is 2.80. The molecule has 2 atom stereocenters. The van der Waals surface area contributed by atoms with Crippen LogP contribution in [0.4, 0.5) is 0 Å². The third-order valence-corrected chi connectivity index (χ3v) is 4.40. The van der Waals surface area contributed by atoms with Crippen molar-refractivity contribution in [3.63, 3.8) is 0 Å². The number of nitrogens with zero attached hydrogens (tertiary/aromatic N) is 2. The summed E-state index contributed by atoms with van der Waals surface area (Å²) in [6.45, 7) is 8.37. The zero-order valence-corrected chi connectivity index (χ0v) is 12.9. The minimum atomic E-state index is 0.0902. The topological polar surface area (TPSA) is 42.1 Å². The number of pyridine rings is 1. The van der Waals surface area contributed by atoms with E-state index in [1.807, 2.05) is 18.3 Å². The SMILES string of the molecule is CCC(C)CC(CC)(CN)N(C)Cc1ccccn1. The van der Waals surface area contributed by atoms with Gasteiger partial charge in [-0.2, -0.15) is 0 Å². The predicted molar refractivity (Wildman–Crippen MR) is 81.9 cm³/mol. The Labute approximate surface area is 118 Å². The van der Waals surface area contributed by atoms with E-state index >= 15 is 0 Å². The first-order chi connectivity index (χ1) is 9.07. The van der Waals surface area contributed by atoms with E-state index < -0.39 is 0 Å². The number of aromatic nitrogens is 1. The number of nitrogens with two attached hydrogens (primary N) is 1. The maximum atomic E-state index is 6.11. The molecule has 0 saturated heterocycles. The van der Waals surface area contributed by atoms with Crippen LogP contribution >= 0.6 is 0 Å². The Bertz CT molecular complexity index is 346. The summed E-state index contributed by atoms with van der Waals surface area (Å²) in [5.74, 6) is 0.703. The Morgan fingerprint density at radius 3 is 2.58 bits per heavy atom. The van der Waals surface area contributed by atoms with Crippen molar-refractivity contribution >= 4 is 0 Å². The standard InChI is InChI=1S/C16H29N3/c1-5-14(3)11-16(6-2,13-17)19(4)12-15-9-7-8-10-18-15/h7-10,14H,5-6,11-13,17H2,1-4H3. The van der Waals surface area contributed by atoms with Gasteiger partial charge in [0.25, 0.3) is 0 Å². The van der Waals surface area contributed by atoms with E-state index in [1.54, 1.807) is 0 Å². The minimum Gasteiger partial charge on any atom is -0.329 e. The molecule has 0 amide bonds. The number of rotatable bonds is 8. The monoisotopic (exact) mass is 263 g/mol. The lowest BCUT2D eigenvalue weighted by Gasteiger charge is -2.42. The molecule has 0 radical (unpaired) electrons. The fraction of sp³-hybridized carbons (Fsp3) is 0.688. The number of hydrogen-bond donors (Lipinski definition) is 1. The van der Waals surface area contributed by atoms with E-state index in [0.29, 0.717) is 12.5 Å². The van der Waals surface area contributed by atoms with Crippen LogP contribution in [0.1, 0.15) is 45.7 Å². The van der Waals surface area contributed by atoms with E-state index in [-0.39, 0.29) is 5.54 Å².